The first-order valence-corrected chi connectivity index (χ1v) is 11.7. The summed E-state index contributed by atoms with van der Waals surface area (Å²) in [5, 5.41) is 6.44. The molecule has 7 nitrogen and oxygen atoms in total. The molecule has 1 fully saturated rings. The first-order valence-electron chi connectivity index (χ1n) is 11.7. The van der Waals surface area contributed by atoms with Gasteiger partial charge in [-0.15, -0.1) is 24.0 Å². The number of carbonyl (C=O) groups excluding carboxylic acids is 1. The van der Waals surface area contributed by atoms with Crippen LogP contribution in [0.2, 0.25) is 0 Å². The summed E-state index contributed by atoms with van der Waals surface area (Å²) in [5.41, 5.74) is 2.82. The number of aliphatic imine (C=N–C) groups is 1. The maximum atomic E-state index is 12.0. The van der Waals surface area contributed by atoms with Gasteiger partial charge in [-0.2, -0.15) is 0 Å². The highest BCUT2D eigenvalue weighted by molar-refractivity contribution is 14.0. The maximum Gasteiger partial charge on any atom is 0.234 e. The number of nitrogens with one attached hydrogen (secondary N) is 2. The Hall–Kier alpha value is -1.39. The number of aryl methyl sites for hydroxylation is 1. The van der Waals surface area contributed by atoms with Crippen LogP contribution in [-0.4, -0.2) is 80.6 Å². The average molecular weight is 558 g/mol. The van der Waals surface area contributed by atoms with Gasteiger partial charge in [-0.25, -0.2) is 0 Å². The monoisotopic (exact) mass is 557 g/mol. The zero-order valence-corrected chi connectivity index (χ0v) is 22.1. The van der Waals surface area contributed by atoms with Gasteiger partial charge >= 0.3 is 0 Å². The van der Waals surface area contributed by atoms with Crippen LogP contribution in [0, 0.1) is 0 Å². The molecule has 1 aromatic rings. The van der Waals surface area contributed by atoms with Crippen molar-refractivity contribution >= 4 is 35.8 Å². The molecule has 1 aliphatic heterocycles. The molecule has 1 saturated heterocycles. The SMILES string of the molecule is CN=C(NCCCOC1CCCc2ccccc21)N1CCN(CC(=O)NC(C)C)CC1.I. The predicted molar refractivity (Wildman–Crippen MR) is 141 cm³/mol. The van der Waals surface area contributed by atoms with Crippen molar-refractivity contribution in [3.8, 4) is 0 Å². The van der Waals surface area contributed by atoms with E-state index in [1.54, 1.807) is 0 Å². The van der Waals surface area contributed by atoms with Gasteiger partial charge in [0.15, 0.2) is 5.96 Å². The zero-order chi connectivity index (χ0) is 22.1. The fourth-order valence-corrected chi connectivity index (χ4v) is 4.40. The van der Waals surface area contributed by atoms with Crippen LogP contribution >= 0.6 is 24.0 Å². The van der Waals surface area contributed by atoms with E-state index >= 15 is 0 Å². The van der Waals surface area contributed by atoms with E-state index in [0.29, 0.717) is 6.54 Å². The average Bonchev–Trinajstić information content (AvgIpc) is 2.76. The minimum absolute atomic E-state index is 0. The summed E-state index contributed by atoms with van der Waals surface area (Å²) in [6.07, 6.45) is 4.69. The lowest BCUT2D eigenvalue weighted by Crippen LogP contribution is -2.54. The molecule has 0 radical (unpaired) electrons. The minimum Gasteiger partial charge on any atom is -0.373 e. The van der Waals surface area contributed by atoms with Crippen LogP contribution in [0.15, 0.2) is 29.3 Å². The van der Waals surface area contributed by atoms with Crippen molar-refractivity contribution in [2.24, 2.45) is 4.99 Å². The molecule has 1 heterocycles. The standard InChI is InChI=1S/C24H39N5O2.HI/c1-19(2)27-23(30)18-28-13-15-29(16-14-28)24(25-3)26-12-7-17-31-22-11-6-9-20-8-4-5-10-21(20)22;/h4-5,8,10,19,22H,6-7,9,11-18H2,1-3H3,(H,25,26)(H,27,30);1H. The molecule has 0 bridgehead atoms. The van der Waals surface area contributed by atoms with Crippen LogP contribution in [-0.2, 0) is 16.0 Å². The van der Waals surface area contributed by atoms with Crippen molar-refractivity contribution in [2.75, 3.05) is 52.9 Å². The molecular formula is C24H40IN5O2. The van der Waals surface area contributed by atoms with Gasteiger partial charge in [-0.1, -0.05) is 24.3 Å². The van der Waals surface area contributed by atoms with E-state index in [9.17, 15) is 4.79 Å². The van der Waals surface area contributed by atoms with E-state index in [4.69, 9.17) is 4.74 Å². The highest BCUT2D eigenvalue weighted by atomic mass is 127. The number of rotatable bonds is 8. The van der Waals surface area contributed by atoms with Crippen LogP contribution in [0.5, 0.6) is 0 Å². The number of ether oxygens (including phenoxy) is 1. The number of hydrogen-bond donors (Lipinski definition) is 2. The van der Waals surface area contributed by atoms with Crippen LogP contribution in [0.25, 0.3) is 0 Å². The molecule has 0 spiro atoms. The molecule has 0 saturated carbocycles. The normalized spacial score (nSPS) is 19.3. The number of hydrogen-bond acceptors (Lipinski definition) is 4. The first-order chi connectivity index (χ1) is 15.1. The van der Waals surface area contributed by atoms with Crippen molar-refractivity contribution < 1.29 is 9.53 Å². The maximum absolute atomic E-state index is 12.0. The minimum atomic E-state index is 0. The summed E-state index contributed by atoms with van der Waals surface area (Å²) >= 11 is 0. The molecule has 8 heteroatoms. The van der Waals surface area contributed by atoms with E-state index in [1.165, 1.54) is 24.0 Å². The van der Waals surface area contributed by atoms with Crippen LogP contribution in [0.1, 0.15) is 50.3 Å². The van der Waals surface area contributed by atoms with E-state index in [1.807, 2.05) is 20.9 Å². The third kappa shape index (κ3) is 8.19. The summed E-state index contributed by atoms with van der Waals surface area (Å²) in [5.74, 6) is 1.04. The van der Waals surface area contributed by atoms with E-state index in [0.717, 1.165) is 58.1 Å². The number of nitrogens with zero attached hydrogens (tertiary/aromatic N) is 3. The van der Waals surface area contributed by atoms with Crippen LogP contribution in [0.3, 0.4) is 0 Å². The van der Waals surface area contributed by atoms with Crippen molar-refractivity contribution in [1.82, 2.24) is 20.4 Å². The summed E-state index contributed by atoms with van der Waals surface area (Å²) < 4.78 is 6.21. The van der Waals surface area contributed by atoms with Gasteiger partial charge in [0, 0.05) is 52.4 Å². The Labute approximate surface area is 210 Å². The van der Waals surface area contributed by atoms with Gasteiger partial charge in [0.1, 0.15) is 0 Å². The van der Waals surface area contributed by atoms with Crippen molar-refractivity contribution in [2.45, 2.75) is 51.7 Å². The smallest absolute Gasteiger partial charge is 0.234 e. The number of fused-ring (bicyclic) bond motifs is 1. The Kier molecular flexibility index (Phi) is 11.7. The first kappa shape index (κ1) is 26.9. The molecular weight excluding hydrogens is 517 g/mol. The van der Waals surface area contributed by atoms with Crippen molar-refractivity contribution in [1.29, 1.82) is 0 Å². The fourth-order valence-electron chi connectivity index (χ4n) is 4.40. The summed E-state index contributed by atoms with van der Waals surface area (Å²) in [6, 6.07) is 8.87. The zero-order valence-electron chi connectivity index (χ0n) is 19.8. The molecule has 0 aromatic heterocycles. The van der Waals surface area contributed by atoms with Crippen molar-refractivity contribution in [3.05, 3.63) is 35.4 Å². The van der Waals surface area contributed by atoms with Gasteiger partial charge in [0.25, 0.3) is 0 Å². The number of halogens is 1. The van der Waals surface area contributed by atoms with Gasteiger partial charge in [0.05, 0.1) is 12.6 Å². The second kappa shape index (κ2) is 14.0. The molecule has 1 atom stereocenters. The van der Waals surface area contributed by atoms with Crippen molar-refractivity contribution in [3.63, 3.8) is 0 Å². The Morgan fingerprint density at radius 1 is 1.22 bits per heavy atom. The van der Waals surface area contributed by atoms with Gasteiger partial charge in [-0.3, -0.25) is 14.7 Å². The van der Waals surface area contributed by atoms with Crippen LogP contribution in [0.4, 0.5) is 0 Å². The Bertz CT molecular complexity index is 735. The predicted octanol–water partition coefficient (Wildman–Crippen LogP) is 2.81. The summed E-state index contributed by atoms with van der Waals surface area (Å²) in [7, 11) is 1.83. The molecule has 3 rings (SSSR count). The second-order valence-corrected chi connectivity index (χ2v) is 8.76. The molecule has 2 N–H and O–H groups in total. The van der Waals surface area contributed by atoms with E-state index in [-0.39, 0.29) is 42.0 Å². The third-order valence-corrected chi connectivity index (χ3v) is 5.94. The second-order valence-electron chi connectivity index (χ2n) is 8.76. The number of amides is 1. The number of carbonyl (C=O) groups is 1. The topological polar surface area (TPSA) is 69.2 Å². The van der Waals surface area contributed by atoms with Gasteiger partial charge < -0.3 is 20.3 Å². The lowest BCUT2D eigenvalue weighted by molar-refractivity contribution is -0.123. The lowest BCUT2D eigenvalue weighted by Gasteiger charge is -2.36. The molecule has 32 heavy (non-hydrogen) atoms. The fraction of sp³-hybridized carbons (Fsp3) is 0.667. The highest BCUT2D eigenvalue weighted by Gasteiger charge is 2.22. The molecule has 1 unspecified atom stereocenters. The molecule has 2 aliphatic rings. The molecule has 180 valence electrons. The van der Waals surface area contributed by atoms with Crippen LogP contribution < -0.4 is 10.6 Å². The third-order valence-electron chi connectivity index (χ3n) is 5.94. The molecule has 1 aliphatic carbocycles. The van der Waals surface area contributed by atoms with Gasteiger partial charge in [0.2, 0.25) is 5.91 Å². The van der Waals surface area contributed by atoms with E-state index in [2.05, 4.69) is 49.7 Å². The number of guanidine groups is 1. The quantitative estimate of drug-likeness (QED) is 0.223. The molecule has 1 amide bonds. The Morgan fingerprint density at radius 2 is 1.97 bits per heavy atom. The van der Waals surface area contributed by atoms with Gasteiger partial charge in [-0.05, 0) is 50.7 Å². The highest BCUT2D eigenvalue weighted by Crippen LogP contribution is 2.32. The van der Waals surface area contributed by atoms with E-state index < -0.39 is 0 Å². The summed E-state index contributed by atoms with van der Waals surface area (Å²) in [6.45, 7) is 9.55. The Balaban J connectivity index is 0.00000363. The Morgan fingerprint density at radius 3 is 2.69 bits per heavy atom. The number of piperazine rings is 1. The lowest BCUT2D eigenvalue weighted by atomic mass is 9.89. The molecule has 1 aromatic carbocycles. The number of benzene rings is 1. The largest absolute Gasteiger partial charge is 0.373 e. The summed E-state index contributed by atoms with van der Waals surface area (Å²) in [4.78, 5) is 20.9.